The van der Waals surface area contributed by atoms with Gasteiger partial charge >= 0.3 is 0 Å². The van der Waals surface area contributed by atoms with Crippen LogP contribution in [-0.4, -0.2) is 36.2 Å². The van der Waals surface area contributed by atoms with E-state index in [1.807, 2.05) is 33.2 Å². The van der Waals surface area contributed by atoms with Crippen LogP contribution < -0.4 is 5.32 Å². The average molecular weight is 289 g/mol. The topological polar surface area (TPSA) is 53.9 Å². The number of nitrogens with zero attached hydrogens (tertiary/aromatic N) is 2. The van der Waals surface area contributed by atoms with E-state index < -0.39 is 5.60 Å². The van der Waals surface area contributed by atoms with Gasteiger partial charge in [0.1, 0.15) is 0 Å². The Morgan fingerprint density at radius 1 is 1.43 bits per heavy atom. The van der Waals surface area contributed by atoms with Crippen LogP contribution >= 0.6 is 0 Å². The molecule has 0 radical (unpaired) electrons. The summed E-state index contributed by atoms with van der Waals surface area (Å²) in [4.78, 5) is 19.6. The van der Waals surface area contributed by atoms with Gasteiger partial charge in [0.2, 0.25) is 5.60 Å². The lowest BCUT2D eigenvalue weighted by molar-refractivity contribution is -0.141. The molecule has 21 heavy (non-hydrogen) atoms. The van der Waals surface area contributed by atoms with Gasteiger partial charge in [-0.05, 0) is 39.1 Å². The summed E-state index contributed by atoms with van der Waals surface area (Å²) in [7, 11) is 4.07. The quantitative estimate of drug-likeness (QED) is 0.901. The van der Waals surface area contributed by atoms with Crippen LogP contribution in [0.5, 0.6) is 0 Å². The molecule has 1 aromatic carbocycles. The highest BCUT2D eigenvalue weighted by atomic mass is 16.7. The van der Waals surface area contributed by atoms with E-state index in [1.165, 1.54) is 5.56 Å². The molecule has 1 aliphatic rings. The molecule has 0 saturated carbocycles. The number of amides is 1. The molecule has 5 heteroatoms. The van der Waals surface area contributed by atoms with Crippen molar-refractivity contribution in [2.45, 2.75) is 39.0 Å². The van der Waals surface area contributed by atoms with Crippen molar-refractivity contribution in [3.05, 3.63) is 35.4 Å². The third-order valence-corrected chi connectivity index (χ3v) is 3.42. The van der Waals surface area contributed by atoms with E-state index in [0.717, 1.165) is 17.8 Å². The summed E-state index contributed by atoms with van der Waals surface area (Å²) in [5, 5.41) is 6.79. The van der Waals surface area contributed by atoms with Crippen LogP contribution in [0.2, 0.25) is 0 Å². The second-order valence-electron chi connectivity index (χ2n) is 6.07. The molecule has 1 atom stereocenters. The fourth-order valence-electron chi connectivity index (χ4n) is 2.43. The zero-order chi connectivity index (χ0) is 15.5. The minimum absolute atomic E-state index is 0.124. The van der Waals surface area contributed by atoms with Crippen molar-refractivity contribution in [2.24, 2.45) is 5.16 Å². The fourth-order valence-corrected chi connectivity index (χ4v) is 2.43. The molecule has 1 aliphatic heterocycles. The summed E-state index contributed by atoms with van der Waals surface area (Å²) >= 11 is 0. The van der Waals surface area contributed by atoms with E-state index in [4.69, 9.17) is 4.84 Å². The Morgan fingerprint density at radius 3 is 2.76 bits per heavy atom. The number of hydrogen-bond donors (Lipinski definition) is 1. The van der Waals surface area contributed by atoms with E-state index in [-0.39, 0.29) is 5.91 Å². The number of oxime groups is 1. The van der Waals surface area contributed by atoms with E-state index in [9.17, 15) is 4.79 Å². The number of carbonyl (C=O) groups excluding carboxylic acids is 1. The van der Waals surface area contributed by atoms with Gasteiger partial charge in [0.15, 0.2) is 0 Å². The molecule has 5 nitrogen and oxygen atoms in total. The van der Waals surface area contributed by atoms with Crippen LogP contribution in [0.25, 0.3) is 0 Å². The highest BCUT2D eigenvalue weighted by Crippen LogP contribution is 2.23. The summed E-state index contributed by atoms with van der Waals surface area (Å²) in [6.07, 6.45) is 0.541. The maximum atomic E-state index is 12.2. The Balaban J connectivity index is 1.92. The van der Waals surface area contributed by atoms with Crippen molar-refractivity contribution in [1.29, 1.82) is 0 Å². The standard InChI is InChI=1S/C16H23N3O2/c1-12-9-16(2,21-18-12)15(20)17-10-13-6-5-7-14(8-13)11-19(3)4/h5-8H,9-11H2,1-4H3,(H,17,20)/t16-/m0/s1. The van der Waals surface area contributed by atoms with E-state index in [1.54, 1.807) is 6.92 Å². The summed E-state index contributed by atoms with van der Waals surface area (Å²) < 4.78 is 0. The van der Waals surface area contributed by atoms with Crippen molar-refractivity contribution in [3.63, 3.8) is 0 Å². The van der Waals surface area contributed by atoms with Gasteiger partial charge in [-0.15, -0.1) is 0 Å². The van der Waals surface area contributed by atoms with Gasteiger partial charge in [0.25, 0.3) is 5.91 Å². The van der Waals surface area contributed by atoms with Gasteiger partial charge in [0, 0.05) is 19.5 Å². The number of benzene rings is 1. The molecule has 0 bridgehead atoms. The Labute approximate surface area is 126 Å². The summed E-state index contributed by atoms with van der Waals surface area (Å²) in [5.74, 6) is -0.124. The van der Waals surface area contributed by atoms with Crippen molar-refractivity contribution in [1.82, 2.24) is 10.2 Å². The second kappa shape index (κ2) is 6.26. The van der Waals surface area contributed by atoms with Gasteiger partial charge in [-0.1, -0.05) is 29.4 Å². The molecular weight excluding hydrogens is 266 g/mol. The zero-order valence-corrected chi connectivity index (χ0v) is 13.1. The van der Waals surface area contributed by atoms with Crippen molar-refractivity contribution in [2.75, 3.05) is 14.1 Å². The minimum atomic E-state index is -0.870. The smallest absolute Gasteiger partial charge is 0.267 e. The Bertz CT molecular complexity index is 554. The van der Waals surface area contributed by atoms with Gasteiger partial charge in [-0.2, -0.15) is 0 Å². The normalized spacial score (nSPS) is 21.1. The van der Waals surface area contributed by atoms with Crippen LogP contribution in [0.3, 0.4) is 0 Å². The molecule has 0 spiro atoms. The molecule has 0 aromatic heterocycles. The number of carbonyl (C=O) groups is 1. The monoisotopic (exact) mass is 289 g/mol. The third-order valence-electron chi connectivity index (χ3n) is 3.42. The van der Waals surface area contributed by atoms with Crippen LogP contribution in [0.1, 0.15) is 31.4 Å². The molecular formula is C16H23N3O2. The first-order valence-electron chi connectivity index (χ1n) is 7.11. The van der Waals surface area contributed by atoms with Crippen LogP contribution in [-0.2, 0) is 22.7 Å². The highest BCUT2D eigenvalue weighted by Gasteiger charge is 2.40. The molecule has 2 rings (SSSR count). The largest absolute Gasteiger partial charge is 0.379 e. The Hall–Kier alpha value is -1.88. The number of rotatable bonds is 5. The van der Waals surface area contributed by atoms with Gasteiger partial charge in [-0.3, -0.25) is 4.79 Å². The van der Waals surface area contributed by atoms with Gasteiger partial charge in [0.05, 0.1) is 5.71 Å². The Kier molecular flexibility index (Phi) is 4.63. The van der Waals surface area contributed by atoms with Crippen LogP contribution in [0.4, 0.5) is 0 Å². The summed E-state index contributed by atoms with van der Waals surface area (Å²) in [6, 6.07) is 8.23. The van der Waals surface area contributed by atoms with E-state index >= 15 is 0 Å². The predicted octanol–water partition coefficient (Wildman–Crippen LogP) is 1.92. The van der Waals surface area contributed by atoms with Gasteiger partial charge < -0.3 is 15.1 Å². The minimum Gasteiger partial charge on any atom is -0.379 e. The van der Waals surface area contributed by atoms with Crippen molar-refractivity contribution < 1.29 is 9.63 Å². The molecule has 1 heterocycles. The zero-order valence-electron chi connectivity index (χ0n) is 13.1. The summed E-state index contributed by atoms with van der Waals surface area (Å²) in [5.41, 5.74) is 2.29. The first-order chi connectivity index (χ1) is 9.89. The van der Waals surface area contributed by atoms with Gasteiger partial charge in [-0.25, -0.2) is 0 Å². The van der Waals surface area contributed by atoms with Crippen molar-refractivity contribution in [3.8, 4) is 0 Å². The Morgan fingerprint density at radius 2 is 2.14 bits per heavy atom. The highest BCUT2D eigenvalue weighted by molar-refractivity contribution is 5.94. The fraction of sp³-hybridized carbons (Fsp3) is 0.500. The van der Waals surface area contributed by atoms with Crippen LogP contribution in [0, 0.1) is 0 Å². The predicted molar refractivity (Wildman–Crippen MR) is 82.9 cm³/mol. The number of nitrogens with one attached hydrogen (secondary N) is 1. The molecule has 0 fully saturated rings. The number of hydrogen-bond acceptors (Lipinski definition) is 4. The molecule has 114 valence electrons. The maximum Gasteiger partial charge on any atom is 0.267 e. The van der Waals surface area contributed by atoms with E-state index in [2.05, 4.69) is 27.5 Å². The SMILES string of the molecule is CC1=NO[C@](C)(C(=O)NCc2cccc(CN(C)C)c2)C1. The first-order valence-corrected chi connectivity index (χ1v) is 7.11. The molecule has 0 aliphatic carbocycles. The molecule has 1 aromatic rings. The molecule has 1 amide bonds. The average Bonchev–Trinajstić information content (AvgIpc) is 2.77. The van der Waals surface area contributed by atoms with Crippen molar-refractivity contribution >= 4 is 11.6 Å². The molecule has 0 unspecified atom stereocenters. The van der Waals surface area contributed by atoms with E-state index in [0.29, 0.717) is 13.0 Å². The lowest BCUT2D eigenvalue weighted by Gasteiger charge is -2.20. The summed E-state index contributed by atoms with van der Waals surface area (Å²) in [6.45, 7) is 5.02. The first kappa shape index (κ1) is 15.5. The maximum absolute atomic E-state index is 12.2. The van der Waals surface area contributed by atoms with Crippen LogP contribution in [0.15, 0.2) is 29.4 Å². The lowest BCUT2D eigenvalue weighted by Crippen LogP contribution is -2.44. The lowest BCUT2D eigenvalue weighted by atomic mass is 9.99. The molecule has 1 N–H and O–H groups in total. The molecule has 0 saturated heterocycles. The third kappa shape index (κ3) is 4.04. The second-order valence-corrected chi connectivity index (χ2v) is 6.07.